The van der Waals surface area contributed by atoms with Crippen LogP contribution in [0.15, 0.2) is 42.5 Å². The summed E-state index contributed by atoms with van der Waals surface area (Å²) >= 11 is 0. The number of anilines is 1. The minimum Gasteiger partial charge on any atom is -0.384 e. The molecule has 1 aromatic heterocycles. The maximum atomic E-state index is 12.8. The van der Waals surface area contributed by atoms with Crippen molar-refractivity contribution in [3.05, 3.63) is 59.3 Å². The second-order valence-corrected chi connectivity index (χ2v) is 7.64. The SMILES string of the molecule is Cc1nc(N)ccc1CCC(=O)[C@H](CCC(N)=O)NC(=O)[C@H](N)CCc1ccccc1. The first-order valence-corrected chi connectivity index (χ1v) is 10.4. The lowest BCUT2D eigenvalue weighted by atomic mass is 9.98. The molecular formula is C23H31N5O3. The predicted molar refractivity (Wildman–Crippen MR) is 120 cm³/mol. The number of nitrogens with one attached hydrogen (secondary N) is 1. The molecular weight excluding hydrogens is 394 g/mol. The van der Waals surface area contributed by atoms with E-state index in [1.165, 1.54) is 0 Å². The molecule has 0 unspecified atom stereocenters. The third-order valence-corrected chi connectivity index (χ3v) is 5.17. The van der Waals surface area contributed by atoms with Crippen LogP contribution >= 0.6 is 0 Å². The first kappa shape index (κ1) is 24.0. The molecule has 7 N–H and O–H groups in total. The van der Waals surface area contributed by atoms with Crippen LogP contribution in [-0.2, 0) is 27.2 Å². The normalized spacial score (nSPS) is 12.7. The van der Waals surface area contributed by atoms with E-state index in [-0.39, 0.29) is 25.0 Å². The molecule has 31 heavy (non-hydrogen) atoms. The number of carbonyl (C=O) groups is 3. The second kappa shape index (κ2) is 11.8. The fourth-order valence-corrected chi connectivity index (χ4v) is 3.28. The van der Waals surface area contributed by atoms with Gasteiger partial charge in [0.15, 0.2) is 5.78 Å². The number of rotatable bonds is 12. The van der Waals surface area contributed by atoms with E-state index < -0.39 is 23.9 Å². The molecule has 2 aromatic rings. The number of pyridine rings is 1. The summed E-state index contributed by atoms with van der Waals surface area (Å²) in [6, 6.07) is 11.7. The minimum absolute atomic E-state index is 0.00159. The topological polar surface area (TPSA) is 154 Å². The van der Waals surface area contributed by atoms with Crippen molar-refractivity contribution in [2.45, 2.75) is 57.5 Å². The number of hydrogen-bond donors (Lipinski definition) is 4. The number of nitrogens with zero attached hydrogens (tertiary/aromatic N) is 1. The zero-order chi connectivity index (χ0) is 22.8. The number of amides is 2. The summed E-state index contributed by atoms with van der Waals surface area (Å²) in [5, 5.41) is 2.71. The average molecular weight is 426 g/mol. The molecule has 0 aliphatic heterocycles. The Balaban J connectivity index is 1.94. The molecule has 2 rings (SSSR count). The summed E-state index contributed by atoms with van der Waals surface area (Å²) in [6.45, 7) is 1.83. The molecule has 0 aliphatic rings. The molecule has 0 bridgehead atoms. The molecule has 0 spiro atoms. The van der Waals surface area contributed by atoms with Gasteiger partial charge in [0.2, 0.25) is 11.8 Å². The molecule has 0 saturated carbocycles. The number of aromatic nitrogens is 1. The third-order valence-electron chi connectivity index (χ3n) is 5.17. The number of carbonyl (C=O) groups excluding carboxylic acids is 3. The highest BCUT2D eigenvalue weighted by Crippen LogP contribution is 2.13. The van der Waals surface area contributed by atoms with Gasteiger partial charge in [-0.05, 0) is 49.8 Å². The van der Waals surface area contributed by atoms with Crippen LogP contribution in [0.3, 0.4) is 0 Å². The number of nitrogen functional groups attached to an aromatic ring is 1. The van der Waals surface area contributed by atoms with Crippen LogP contribution in [0.5, 0.6) is 0 Å². The van der Waals surface area contributed by atoms with Crippen molar-refractivity contribution in [2.24, 2.45) is 11.5 Å². The van der Waals surface area contributed by atoms with E-state index in [0.717, 1.165) is 16.8 Å². The van der Waals surface area contributed by atoms with Crippen molar-refractivity contribution in [3.8, 4) is 0 Å². The molecule has 0 aliphatic carbocycles. The number of nitrogens with two attached hydrogens (primary N) is 3. The molecule has 2 amide bonds. The van der Waals surface area contributed by atoms with Gasteiger partial charge >= 0.3 is 0 Å². The highest BCUT2D eigenvalue weighted by molar-refractivity contribution is 5.91. The van der Waals surface area contributed by atoms with Gasteiger partial charge in [0.1, 0.15) is 5.82 Å². The van der Waals surface area contributed by atoms with Gasteiger partial charge in [-0.15, -0.1) is 0 Å². The number of primary amides is 1. The highest BCUT2D eigenvalue weighted by atomic mass is 16.2. The van der Waals surface area contributed by atoms with Gasteiger partial charge in [0, 0.05) is 18.5 Å². The quantitative estimate of drug-likeness (QED) is 0.400. The molecule has 8 heteroatoms. The molecule has 1 aromatic carbocycles. The maximum Gasteiger partial charge on any atom is 0.237 e. The van der Waals surface area contributed by atoms with E-state index in [4.69, 9.17) is 17.2 Å². The van der Waals surface area contributed by atoms with E-state index in [1.54, 1.807) is 6.07 Å². The Hall–Kier alpha value is -3.26. The Morgan fingerprint density at radius 1 is 1.00 bits per heavy atom. The Kier molecular flexibility index (Phi) is 9.14. The van der Waals surface area contributed by atoms with Crippen molar-refractivity contribution in [2.75, 3.05) is 5.73 Å². The van der Waals surface area contributed by atoms with Gasteiger partial charge < -0.3 is 22.5 Å². The number of ketones is 1. The van der Waals surface area contributed by atoms with Gasteiger partial charge in [-0.3, -0.25) is 14.4 Å². The van der Waals surface area contributed by atoms with Gasteiger partial charge in [-0.25, -0.2) is 4.98 Å². The van der Waals surface area contributed by atoms with Gasteiger partial charge in [-0.2, -0.15) is 0 Å². The van der Waals surface area contributed by atoms with Crippen LogP contribution in [0.2, 0.25) is 0 Å². The van der Waals surface area contributed by atoms with E-state index in [9.17, 15) is 14.4 Å². The third kappa shape index (κ3) is 8.18. The Labute approximate surface area is 182 Å². The van der Waals surface area contributed by atoms with Crippen LogP contribution in [0.1, 0.15) is 42.5 Å². The summed E-state index contributed by atoms with van der Waals surface area (Å²) in [4.78, 5) is 40.8. The standard InChI is InChI=1S/C23H31N5O3/c1-15-17(9-13-21(25)27-15)8-12-20(29)19(11-14-22(26)30)28-23(31)18(24)10-7-16-5-3-2-4-6-16/h2-6,9,13,18-19H,7-8,10-12,14,24H2,1H3,(H2,25,27)(H2,26,30)(H,28,31)/t18-,19+/m1/s1. The smallest absolute Gasteiger partial charge is 0.237 e. The lowest BCUT2D eigenvalue weighted by Gasteiger charge is -2.20. The van der Waals surface area contributed by atoms with E-state index >= 15 is 0 Å². The van der Waals surface area contributed by atoms with Gasteiger partial charge in [0.05, 0.1) is 12.1 Å². The van der Waals surface area contributed by atoms with Crippen molar-refractivity contribution < 1.29 is 14.4 Å². The fourth-order valence-electron chi connectivity index (χ4n) is 3.28. The van der Waals surface area contributed by atoms with E-state index in [0.29, 0.717) is 25.1 Å². The van der Waals surface area contributed by atoms with Crippen LogP contribution in [0, 0.1) is 6.92 Å². The lowest BCUT2D eigenvalue weighted by molar-refractivity contribution is -0.129. The van der Waals surface area contributed by atoms with Gasteiger partial charge in [0.25, 0.3) is 0 Å². The van der Waals surface area contributed by atoms with Crippen LogP contribution in [0.4, 0.5) is 5.82 Å². The molecule has 2 atom stereocenters. The van der Waals surface area contributed by atoms with Crippen molar-refractivity contribution in [1.29, 1.82) is 0 Å². The zero-order valence-electron chi connectivity index (χ0n) is 17.8. The first-order chi connectivity index (χ1) is 14.8. The molecule has 0 radical (unpaired) electrons. The highest BCUT2D eigenvalue weighted by Gasteiger charge is 2.24. The summed E-state index contributed by atoms with van der Waals surface area (Å²) < 4.78 is 0. The Morgan fingerprint density at radius 2 is 1.71 bits per heavy atom. The van der Waals surface area contributed by atoms with Crippen molar-refractivity contribution in [3.63, 3.8) is 0 Å². The molecule has 8 nitrogen and oxygen atoms in total. The summed E-state index contributed by atoms with van der Waals surface area (Å²) in [5.74, 6) is -0.701. The number of Topliss-reactive ketones (excluding diaryl/α,β-unsaturated/α-hetero) is 1. The number of benzene rings is 1. The summed E-state index contributed by atoms with van der Waals surface area (Å²) in [7, 11) is 0. The number of hydrogen-bond acceptors (Lipinski definition) is 6. The summed E-state index contributed by atoms with van der Waals surface area (Å²) in [5.41, 5.74) is 19.7. The number of aryl methyl sites for hydroxylation is 3. The summed E-state index contributed by atoms with van der Waals surface area (Å²) in [6.07, 6.45) is 1.89. The van der Waals surface area contributed by atoms with Crippen molar-refractivity contribution in [1.82, 2.24) is 10.3 Å². The predicted octanol–water partition coefficient (Wildman–Crippen LogP) is 1.18. The van der Waals surface area contributed by atoms with Crippen LogP contribution < -0.4 is 22.5 Å². The fraction of sp³-hybridized carbons (Fsp3) is 0.391. The van der Waals surface area contributed by atoms with Crippen molar-refractivity contribution >= 4 is 23.4 Å². The van der Waals surface area contributed by atoms with E-state index in [1.807, 2.05) is 43.3 Å². The first-order valence-electron chi connectivity index (χ1n) is 10.4. The molecule has 166 valence electrons. The zero-order valence-corrected chi connectivity index (χ0v) is 17.8. The van der Waals surface area contributed by atoms with Gasteiger partial charge in [-0.1, -0.05) is 36.4 Å². The Morgan fingerprint density at radius 3 is 2.35 bits per heavy atom. The second-order valence-electron chi connectivity index (χ2n) is 7.64. The van der Waals surface area contributed by atoms with Crippen LogP contribution in [0.25, 0.3) is 0 Å². The molecule has 0 saturated heterocycles. The van der Waals surface area contributed by atoms with Crippen LogP contribution in [-0.4, -0.2) is 34.7 Å². The maximum absolute atomic E-state index is 12.8. The molecule has 1 heterocycles. The lowest BCUT2D eigenvalue weighted by Crippen LogP contribution is -2.49. The average Bonchev–Trinajstić information content (AvgIpc) is 2.74. The molecule has 0 fully saturated rings. The minimum atomic E-state index is -0.815. The monoisotopic (exact) mass is 425 g/mol. The Bertz CT molecular complexity index is 901. The van der Waals surface area contributed by atoms with E-state index in [2.05, 4.69) is 10.3 Å². The largest absolute Gasteiger partial charge is 0.384 e.